The molecule has 8 aromatic carbocycles. The molecule has 12 rings (SSSR count). The number of para-hydroxylation sites is 3. The summed E-state index contributed by atoms with van der Waals surface area (Å²) < 4.78 is 33.8. The van der Waals surface area contributed by atoms with Crippen molar-refractivity contribution >= 4 is 0 Å². The van der Waals surface area contributed by atoms with Gasteiger partial charge < -0.3 is 18.3 Å². The second-order valence-electron chi connectivity index (χ2n) is 18.9. The van der Waals surface area contributed by atoms with Gasteiger partial charge in [0, 0.05) is 166 Å². The average Bonchev–Trinajstić information content (AvgIpc) is 4.41. The van der Waals surface area contributed by atoms with Crippen molar-refractivity contribution in [2.75, 3.05) is 0 Å². The molecule has 0 aliphatic rings. The van der Waals surface area contributed by atoms with Crippen molar-refractivity contribution in [1.82, 2.24) is 38.2 Å². The van der Waals surface area contributed by atoms with Crippen molar-refractivity contribution in [3.63, 3.8) is 0 Å². The van der Waals surface area contributed by atoms with Crippen LogP contribution >= 0.6 is 0 Å². The molecule has 0 saturated carbocycles. The summed E-state index contributed by atoms with van der Waals surface area (Å²) >= 11 is 0. The molecular weight excluding hydrogens is 1740 g/mol. The van der Waals surface area contributed by atoms with Crippen molar-refractivity contribution in [1.29, 1.82) is 0 Å². The van der Waals surface area contributed by atoms with Gasteiger partial charge in [-0.1, -0.05) is 91.9 Å². The van der Waals surface area contributed by atoms with E-state index in [1.54, 1.807) is 24.5 Å². The largest absolute Gasteiger partial charge is 0.373 e. The fourth-order valence-corrected chi connectivity index (χ4v) is 9.37. The van der Waals surface area contributed by atoms with E-state index in [9.17, 15) is 8.78 Å². The second kappa shape index (κ2) is 30.9. The molecule has 0 saturated heterocycles. The third kappa shape index (κ3) is 15.8. The van der Waals surface area contributed by atoms with Gasteiger partial charge in [0.1, 0.15) is 0 Å². The van der Waals surface area contributed by atoms with Crippen LogP contribution in [0.15, 0.2) is 207 Å². The van der Waals surface area contributed by atoms with Crippen LogP contribution in [0.5, 0.6) is 0 Å². The van der Waals surface area contributed by atoms with Crippen molar-refractivity contribution in [2.45, 2.75) is 48.5 Å². The fourth-order valence-electron chi connectivity index (χ4n) is 9.37. The minimum Gasteiger partial charge on any atom is -0.373 e. The van der Waals surface area contributed by atoms with Crippen molar-refractivity contribution in [2.24, 2.45) is 7.05 Å². The quantitative estimate of drug-likeness (QED) is 0.142. The normalized spacial score (nSPS) is 10.2. The maximum Gasteiger partial charge on any atom is 0.0603 e. The number of hydrogen-bond acceptors (Lipinski definition) is 4. The topological polar surface area (TPSA) is 71.3 Å². The maximum atomic E-state index is 13.0. The molecule has 0 N–H and O–H groups in total. The van der Waals surface area contributed by atoms with Gasteiger partial charge in [-0.2, -0.15) is 0 Å². The molecule has 4 aromatic heterocycles. The van der Waals surface area contributed by atoms with Crippen LogP contribution in [0.25, 0.3) is 73.7 Å². The van der Waals surface area contributed by atoms with E-state index in [0.29, 0.717) is 0 Å². The Kier molecular flexibility index (Phi) is 24.8. The van der Waals surface area contributed by atoms with E-state index >= 15 is 0 Å². The average molecular weight is 1790 g/mol. The van der Waals surface area contributed by atoms with E-state index in [-0.39, 0.29) is 92.1 Å². The molecular formula is C68H58F2Ir4N8-4. The Bertz CT molecular complexity index is 3730. The summed E-state index contributed by atoms with van der Waals surface area (Å²) in [7, 11) is 1.89. The molecule has 0 spiro atoms. The smallest absolute Gasteiger partial charge is 0.0603 e. The van der Waals surface area contributed by atoms with Gasteiger partial charge in [-0.15, -0.1) is 130 Å². The van der Waals surface area contributed by atoms with E-state index in [1.165, 1.54) is 85.7 Å². The molecule has 0 fully saturated rings. The second-order valence-corrected chi connectivity index (χ2v) is 18.9. The Hall–Kier alpha value is -6.94. The zero-order valence-corrected chi connectivity index (χ0v) is 55.9. The molecule has 424 valence electrons. The van der Waals surface area contributed by atoms with Gasteiger partial charge in [0.05, 0.1) is 23.3 Å². The Balaban J connectivity index is 0.000000201. The first kappa shape index (κ1) is 65.9. The number of aryl methyl sites for hydroxylation is 8. The van der Waals surface area contributed by atoms with Crippen LogP contribution in [0.2, 0.25) is 0 Å². The summed E-state index contributed by atoms with van der Waals surface area (Å²) in [6.45, 7) is 14.7. The molecule has 0 unspecified atom stereocenters. The van der Waals surface area contributed by atoms with Crippen molar-refractivity contribution in [3.8, 4) is 73.7 Å². The molecule has 0 amide bonds. The molecule has 4 radical (unpaired) electrons. The van der Waals surface area contributed by atoms with Crippen LogP contribution in [0.3, 0.4) is 0 Å². The number of benzene rings is 8. The number of aromatic nitrogens is 8. The molecule has 82 heavy (non-hydrogen) atoms. The minimum atomic E-state index is -0.293. The third-order valence-electron chi connectivity index (χ3n) is 13.2. The molecule has 0 aliphatic carbocycles. The zero-order valence-electron chi connectivity index (χ0n) is 46.3. The van der Waals surface area contributed by atoms with E-state index < -0.39 is 0 Å². The number of nitrogens with zero attached hydrogens (tertiary/aromatic N) is 8. The summed E-state index contributed by atoms with van der Waals surface area (Å²) in [6, 6.07) is 62.9. The number of halogens is 2. The minimum absolute atomic E-state index is 0. The first-order chi connectivity index (χ1) is 37.8. The van der Waals surface area contributed by atoms with Crippen LogP contribution < -0.4 is 0 Å². The zero-order chi connectivity index (χ0) is 54.7. The summed E-state index contributed by atoms with van der Waals surface area (Å²) in [4.78, 5) is 17.6. The van der Waals surface area contributed by atoms with Crippen LogP contribution in [-0.2, 0) is 87.5 Å². The SMILES string of the molecule is Cc1c[c-]c(-c2nccn2-c2c(C)cccc2C)cc1.Cc1cccc(C)c1-n1ccnc1-c1[c-]cc(F)cc1.Cc1cccc(C)c1-n1ccnc1-c1[c-]ccc(-c2ccccc2)c1.Cn1ccnc1-c1[c-]cc(F)cc1.[Ir].[Ir].[Ir].[Ir]. The summed E-state index contributed by atoms with van der Waals surface area (Å²) in [5.41, 5.74) is 18.0. The number of rotatable bonds is 8. The monoisotopic (exact) mass is 1800 g/mol. The maximum absolute atomic E-state index is 13.0. The predicted molar refractivity (Wildman–Crippen MR) is 309 cm³/mol. The summed E-state index contributed by atoms with van der Waals surface area (Å²) in [5.74, 6) is 2.83. The first-order valence-electron chi connectivity index (χ1n) is 25.5. The molecule has 0 aliphatic heterocycles. The Morgan fingerprint density at radius 1 is 0.354 bits per heavy atom. The van der Waals surface area contributed by atoms with Gasteiger partial charge in [0.2, 0.25) is 0 Å². The van der Waals surface area contributed by atoms with E-state index in [2.05, 4.69) is 199 Å². The van der Waals surface area contributed by atoms with Crippen LogP contribution in [0.1, 0.15) is 38.9 Å². The van der Waals surface area contributed by atoms with Gasteiger partial charge in [-0.05, 0) is 80.5 Å². The predicted octanol–water partition coefficient (Wildman–Crippen LogP) is 16.0. The van der Waals surface area contributed by atoms with Crippen LogP contribution in [0.4, 0.5) is 8.78 Å². The van der Waals surface area contributed by atoms with Crippen molar-refractivity contribution < 1.29 is 89.2 Å². The molecule has 14 heteroatoms. The van der Waals surface area contributed by atoms with Gasteiger partial charge >= 0.3 is 0 Å². The summed E-state index contributed by atoms with van der Waals surface area (Å²) in [6.07, 6.45) is 14.9. The Labute approximate surface area is 534 Å². The fraction of sp³-hybridized carbons (Fsp3) is 0.118. The van der Waals surface area contributed by atoms with Crippen molar-refractivity contribution in [3.05, 3.63) is 282 Å². The van der Waals surface area contributed by atoms with E-state index in [0.717, 1.165) is 51.2 Å². The Morgan fingerprint density at radius 2 is 0.732 bits per heavy atom. The number of hydrogen-bond donors (Lipinski definition) is 0. The Morgan fingerprint density at radius 3 is 1.11 bits per heavy atom. The molecule has 0 bridgehead atoms. The molecule has 12 aromatic rings. The first-order valence-corrected chi connectivity index (χ1v) is 25.5. The van der Waals surface area contributed by atoms with Gasteiger partial charge in [-0.25, -0.2) is 0 Å². The van der Waals surface area contributed by atoms with Gasteiger partial charge in [0.25, 0.3) is 0 Å². The molecule has 0 atom stereocenters. The van der Waals surface area contributed by atoms with Gasteiger partial charge in [-0.3, -0.25) is 28.7 Å². The van der Waals surface area contributed by atoms with Gasteiger partial charge in [0.15, 0.2) is 0 Å². The van der Waals surface area contributed by atoms with Crippen LogP contribution in [0, 0.1) is 84.4 Å². The van der Waals surface area contributed by atoms with E-state index in [4.69, 9.17) is 0 Å². The molecule has 4 heterocycles. The number of imidazole rings is 4. The van der Waals surface area contributed by atoms with E-state index in [1.807, 2.05) is 77.6 Å². The molecule has 8 nitrogen and oxygen atoms in total. The summed E-state index contributed by atoms with van der Waals surface area (Å²) in [5, 5.41) is 0. The standard InChI is InChI=1S/C23H19N2.C18H17N2.C17H14FN2.C10H8FN2.4Ir/c1-17-8-6-9-18(2)22(17)25-15-14-24-23(25)21-13-7-12-20(16-21)19-10-4-3-5-11-19;1-13-7-9-16(10-8-13)18-19-11-12-20(18)17-14(2)5-4-6-15(17)3;1-12-4-3-5-13(2)16(12)20-11-10-19-17(20)14-6-8-15(18)9-7-14;1-13-7-6-12-10(13)8-2-4-9(11)5-3-8;;;;/h3-12,14-16H,1-2H3;4-9,11-12H,1-3H3;3-6,8-11H,1-2H3;2,4-7H,1H3;;;;/q4*-1;;;;. The third-order valence-corrected chi connectivity index (χ3v) is 13.2. The van der Waals surface area contributed by atoms with Crippen LogP contribution in [-0.4, -0.2) is 38.2 Å².